The van der Waals surface area contributed by atoms with Crippen molar-refractivity contribution in [3.63, 3.8) is 0 Å². The van der Waals surface area contributed by atoms with Gasteiger partial charge in [-0.2, -0.15) is 0 Å². The zero-order valence-corrected chi connectivity index (χ0v) is 10.9. The number of nitrogens with zero attached hydrogens (tertiary/aromatic N) is 1. The van der Waals surface area contributed by atoms with Crippen LogP contribution in [0.1, 0.15) is 19.3 Å². The standard InChI is InChI=1S/C12H21N5O2/c18-11(8-3-4-13-5-8)15-16-12(19)10-2-1-9-6-17(10)7-14-9/h8-10,13-14H,1-7H2,(H,15,18)(H,16,19)/t8-,9?,10?/m1/s1. The number of fused-ring (bicyclic) bond motifs is 2. The Morgan fingerprint density at radius 3 is 2.74 bits per heavy atom. The lowest BCUT2D eigenvalue weighted by Gasteiger charge is -2.29. The van der Waals surface area contributed by atoms with Crippen LogP contribution in [0.2, 0.25) is 0 Å². The Labute approximate surface area is 112 Å². The van der Waals surface area contributed by atoms with Gasteiger partial charge in [-0.25, -0.2) is 0 Å². The van der Waals surface area contributed by atoms with Crippen molar-refractivity contribution in [2.24, 2.45) is 5.92 Å². The molecule has 0 radical (unpaired) electrons. The quantitative estimate of drug-likeness (QED) is 0.441. The largest absolute Gasteiger partial charge is 0.316 e. The molecule has 0 aromatic heterocycles. The molecule has 4 N–H and O–H groups in total. The first-order valence-electron chi connectivity index (χ1n) is 7.02. The van der Waals surface area contributed by atoms with Crippen LogP contribution in [-0.4, -0.2) is 55.1 Å². The maximum atomic E-state index is 12.1. The number of carbonyl (C=O) groups excluding carboxylic acids is 2. The third-order valence-electron chi connectivity index (χ3n) is 4.31. The van der Waals surface area contributed by atoms with Gasteiger partial charge in [0.25, 0.3) is 5.91 Å². The van der Waals surface area contributed by atoms with Gasteiger partial charge in [-0.15, -0.1) is 0 Å². The summed E-state index contributed by atoms with van der Waals surface area (Å²) in [6, 6.07) is 0.413. The second kappa shape index (κ2) is 5.44. The van der Waals surface area contributed by atoms with Crippen molar-refractivity contribution in [2.45, 2.75) is 31.3 Å². The topological polar surface area (TPSA) is 85.5 Å². The highest BCUT2D eigenvalue weighted by Crippen LogP contribution is 2.21. The number of hydrogen-bond donors (Lipinski definition) is 4. The molecule has 0 aromatic carbocycles. The Morgan fingerprint density at radius 2 is 1.95 bits per heavy atom. The Morgan fingerprint density at radius 1 is 1.11 bits per heavy atom. The van der Waals surface area contributed by atoms with E-state index in [0.717, 1.165) is 39.0 Å². The summed E-state index contributed by atoms with van der Waals surface area (Å²) >= 11 is 0. The Balaban J connectivity index is 1.47. The monoisotopic (exact) mass is 267 g/mol. The van der Waals surface area contributed by atoms with Crippen LogP contribution in [0.5, 0.6) is 0 Å². The van der Waals surface area contributed by atoms with Gasteiger partial charge < -0.3 is 10.6 Å². The van der Waals surface area contributed by atoms with Gasteiger partial charge in [0.05, 0.1) is 12.0 Å². The van der Waals surface area contributed by atoms with Crippen LogP contribution < -0.4 is 21.5 Å². The molecule has 3 aliphatic rings. The van der Waals surface area contributed by atoms with Crippen molar-refractivity contribution in [2.75, 3.05) is 26.3 Å². The minimum absolute atomic E-state index is 0.0236. The predicted molar refractivity (Wildman–Crippen MR) is 68.8 cm³/mol. The van der Waals surface area contributed by atoms with Crippen LogP contribution in [0.15, 0.2) is 0 Å². The summed E-state index contributed by atoms with van der Waals surface area (Å²) in [6.07, 6.45) is 2.71. The molecule has 7 heteroatoms. The second-order valence-electron chi connectivity index (χ2n) is 5.59. The zero-order chi connectivity index (χ0) is 13.2. The van der Waals surface area contributed by atoms with E-state index < -0.39 is 0 Å². The van der Waals surface area contributed by atoms with Crippen molar-refractivity contribution in [3.8, 4) is 0 Å². The summed E-state index contributed by atoms with van der Waals surface area (Å²) in [4.78, 5) is 26.0. The minimum Gasteiger partial charge on any atom is -0.316 e. The zero-order valence-electron chi connectivity index (χ0n) is 10.9. The lowest BCUT2D eigenvalue weighted by Crippen LogP contribution is -2.54. The Bertz CT molecular complexity index is 369. The molecule has 2 amide bonds. The smallest absolute Gasteiger partial charge is 0.255 e. The van der Waals surface area contributed by atoms with Crippen LogP contribution in [-0.2, 0) is 9.59 Å². The molecule has 3 rings (SSSR count). The molecule has 0 saturated carbocycles. The van der Waals surface area contributed by atoms with Gasteiger partial charge >= 0.3 is 0 Å². The molecule has 3 saturated heterocycles. The number of hydrazine groups is 1. The van der Waals surface area contributed by atoms with Crippen LogP contribution in [0.25, 0.3) is 0 Å². The highest BCUT2D eigenvalue weighted by Gasteiger charge is 2.37. The number of rotatable bonds is 2. The maximum absolute atomic E-state index is 12.1. The normalized spacial score (nSPS) is 37.1. The molecule has 19 heavy (non-hydrogen) atoms. The summed E-state index contributed by atoms with van der Waals surface area (Å²) in [6.45, 7) is 3.26. The fraction of sp³-hybridized carbons (Fsp3) is 0.833. The molecule has 3 heterocycles. The Kier molecular flexibility index (Phi) is 3.67. The van der Waals surface area contributed by atoms with Gasteiger partial charge in [-0.3, -0.25) is 25.3 Å². The third kappa shape index (κ3) is 2.72. The molecule has 4 atom stereocenters. The van der Waals surface area contributed by atoms with Crippen LogP contribution in [0.3, 0.4) is 0 Å². The molecule has 7 nitrogen and oxygen atoms in total. The van der Waals surface area contributed by atoms with Crippen LogP contribution >= 0.6 is 0 Å². The fourth-order valence-corrected chi connectivity index (χ4v) is 3.11. The van der Waals surface area contributed by atoms with E-state index in [1.165, 1.54) is 0 Å². The van der Waals surface area contributed by atoms with E-state index in [0.29, 0.717) is 12.6 Å². The molecule has 0 spiro atoms. The molecular formula is C12H21N5O2. The average Bonchev–Trinajstić information content (AvgIpc) is 3.06. The molecule has 0 aliphatic carbocycles. The number of nitrogens with one attached hydrogen (secondary N) is 4. The highest BCUT2D eigenvalue weighted by molar-refractivity contribution is 5.86. The van der Waals surface area contributed by atoms with E-state index in [4.69, 9.17) is 0 Å². The average molecular weight is 267 g/mol. The van der Waals surface area contributed by atoms with Crippen molar-refractivity contribution in [1.82, 2.24) is 26.4 Å². The molecule has 3 fully saturated rings. The molecule has 106 valence electrons. The SMILES string of the molecule is O=C(NNC(=O)[C@@H]1CCNC1)C1CCC2CN1CN2. The summed E-state index contributed by atoms with van der Waals surface area (Å²) < 4.78 is 0. The van der Waals surface area contributed by atoms with Crippen molar-refractivity contribution < 1.29 is 9.59 Å². The molecule has 3 unspecified atom stereocenters. The number of amides is 2. The first-order chi connectivity index (χ1) is 9.24. The van der Waals surface area contributed by atoms with E-state index in [1.54, 1.807) is 0 Å². The number of carbonyl (C=O) groups is 2. The molecular weight excluding hydrogens is 246 g/mol. The molecule has 2 bridgehead atoms. The van der Waals surface area contributed by atoms with E-state index in [9.17, 15) is 9.59 Å². The van der Waals surface area contributed by atoms with Crippen LogP contribution in [0, 0.1) is 5.92 Å². The van der Waals surface area contributed by atoms with Gasteiger partial charge in [0.15, 0.2) is 0 Å². The number of hydrogen-bond acceptors (Lipinski definition) is 5. The first-order valence-corrected chi connectivity index (χ1v) is 7.02. The Hall–Kier alpha value is -1.18. The van der Waals surface area contributed by atoms with Gasteiger partial charge in [0.2, 0.25) is 5.91 Å². The summed E-state index contributed by atoms with van der Waals surface area (Å²) in [5.41, 5.74) is 5.13. The van der Waals surface area contributed by atoms with Crippen molar-refractivity contribution >= 4 is 11.8 Å². The van der Waals surface area contributed by atoms with Gasteiger partial charge in [0.1, 0.15) is 0 Å². The summed E-state index contributed by atoms with van der Waals surface area (Å²) in [5, 5.41) is 6.50. The van der Waals surface area contributed by atoms with Crippen molar-refractivity contribution in [3.05, 3.63) is 0 Å². The molecule has 0 aromatic rings. The minimum atomic E-state index is -0.117. The highest BCUT2D eigenvalue weighted by atomic mass is 16.2. The number of piperidine rings is 1. The van der Waals surface area contributed by atoms with Crippen molar-refractivity contribution in [1.29, 1.82) is 0 Å². The van der Waals surface area contributed by atoms with E-state index >= 15 is 0 Å². The van der Waals surface area contributed by atoms with E-state index in [1.807, 2.05) is 0 Å². The summed E-state index contributed by atoms with van der Waals surface area (Å²) in [5.74, 6) is -0.211. The molecule has 3 aliphatic heterocycles. The second-order valence-corrected chi connectivity index (χ2v) is 5.59. The summed E-state index contributed by atoms with van der Waals surface area (Å²) in [7, 11) is 0. The van der Waals surface area contributed by atoms with Crippen LogP contribution in [0.4, 0.5) is 0 Å². The van der Waals surface area contributed by atoms with E-state index in [-0.39, 0.29) is 23.8 Å². The predicted octanol–water partition coefficient (Wildman–Crippen LogP) is -1.86. The maximum Gasteiger partial charge on any atom is 0.255 e. The first kappa shape index (κ1) is 12.8. The van der Waals surface area contributed by atoms with E-state index in [2.05, 4.69) is 26.4 Å². The van der Waals surface area contributed by atoms with Gasteiger partial charge in [-0.1, -0.05) is 0 Å². The third-order valence-corrected chi connectivity index (χ3v) is 4.31. The fourth-order valence-electron chi connectivity index (χ4n) is 3.11. The lowest BCUT2D eigenvalue weighted by atomic mass is 10.0. The lowest BCUT2D eigenvalue weighted by molar-refractivity contribution is -0.133. The van der Waals surface area contributed by atoms with Gasteiger partial charge in [0, 0.05) is 25.8 Å². The van der Waals surface area contributed by atoms with Gasteiger partial charge in [-0.05, 0) is 25.8 Å².